The number of nitrogens with two attached hydrogens (primary N) is 1. The molecule has 8 heteroatoms. The van der Waals surface area contributed by atoms with Crippen molar-refractivity contribution in [2.24, 2.45) is 5.73 Å². The van der Waals surface area contributed by atoms with E-state index in [0.717, 1.165) is 17.3 Å². The van der Waals surface area contributed by atoms with Gasteiger partial charge in [-0.05, 0) is 37.5 Å². The molecule has 1 fully saturated rings. The van der Waals surface area contributed by atoms with Gasteiger partial charge in [0.25, 0.3) is 0 Å². The third-order valence-electron chi connectivity index (χ3n) is 4.85. The molecule has 0 saturated carbocycles. The monoisotopic (exact) mass is 401 g/mol. The number of aromatic nitrogens is 2. The van der Waals surface area contributed by atoms with E-state index in [1.165, 1.54) is 0 Å². The number of phenols is 1. The first-order valence-corrected chi connectivity index (χ1v) is 10.8. The molecule has 1 aromatic heterocycles. The molecule has 2 heterocycles. The lowest BCUT2D eigenvalue weighted by molar-refractivity contribution is -0.132. The molecule has 1 aromatic carbocycles. The van der Waals surface area contributed by atoms with E-state index < -0.39 is 6.04 Å². The van der Waals surface area contributed by atoms with Gasteiger partial charge in [-0.2, -0.15) is 11.8 Å². The van der Waals surface area contributed by atoms with Crippen LogP contribution in [0.15, 0.2) is 30.3 Å². The zero-order valence-electron chi connectivity index (χ0n) is 16.3. The number of aryl methyl sites for hydroxylation is 1. The summed E-state index contributed by atoms with van der Waals surface area (Å²) in [7, 11) is 0. The Hall–Kier alpha value is -2.32. The van der Waals surface area contributed by atoms with Crippen LogP contribution in [0.3, 0.4) is 0 Å². The molecule has 1 amide bonds. The molecule has 0 aliphatic carbocycles. The summed E-state index contributed by atoms with van der Waals surface area (Å²) in [6, 6.07) is 8.57. The predicted molar refractivity (Wildman–Crippen MR) is 114 cm³/mol. The van der Waals surface area contributed by atoms with Gasteiger partial charge >= 0.3 is 0 Å². The van der Waals surface area contributed by atoms with E-state index in [2.05, 4.69) is 14.9 Å². The van der Waals surface area contributed by atoms with Crippen molar-refractivity contribution in [2.75, 3.05) is 43.1 Å². The summed E-state index contributed by atoms with van der Waals surface area (Å²) in [6.07, 6.45) is 2.72. The van der Waals surface area contributed by atoms with Gasteiger partial charge in [0.05, 0.1) is 11.6 Å². The number of amides is 1. The first-order valence-electron chi connectivity index (χ1n) is 9.42. The van der Waals surface area contributed by atoms with Gasteiger partial charge < -0.3 is 20.6 Å². The normalized spacial score (nSPS) is 15.5. The number of hydrogen-bond acceptors (Lipinski definition) is 7. The van der Waals surface area contributed by atoms with Crippen molar-refractivity contribution in [3.05, 3.63) is 36.0 Å². The molecule has 1 aliphatic rings. The molecule has 2 aromatic rings. The highest BCUT2D eigenvalue weighted by Gasteiger charge is 2.26. The van der Waals surface area contributed by atoms with Crippen LogP contribution < -0.4 is 10.6 Å². The second-order valence-electron chi connectivity index (χ2n) is 6.91. The molecule has 1 atom stereocenters. The van der Waals surface area contributed by atoms with E-state index in [1.807, 2.05) is 30.2 Å². The molecule has 0 radical (unpaired) electrons. The number of anilines is 1. The van der Waals surface area contributed by atoms with Crippen molar-refractivity contribution in [3.8, 4) is 17.1 Å². The summed E-state index contributed by atoms with van der Waals surface area (Å²) >= 11 is 1.70. The lowest BCUT2D eigenvalue weighted by Gasteiger charge is -2.36. The lowest BCUT2D eigenvalue weighted by Crippen LogP contribution is -2.53. The van der Waals surface area contributed by atoms with Gasteiger partial charge in [0.1, 0.15) is 11.6 Å². The number of aromatic hydroxyl groups is 1. The molecule has 150 valence electrons. The molecule has 0 bridgehead atoms. The fraction of sp³-hybridized carbons (Fsp3) is 0.450. The summed E-state index contributed by atoms with van der Waals surface area (Å²) in [6.45, 7) is 4.55. The Labute approximate surface area is 170 Å². The standard InChI is InChI=1S/C20H27N5O2S/c1-14-13-18(23-19(22-14)15-5-3-4-6-17(15)26)24-8-10-25(11-9-24)20(27)16(21)7-12-28-2/h3-6,13,16,26H,7-12,21H2,1-2H3/t16-/m0/s1. The molecule has 3 rings (SSSR count). The number of nitrogens with zero attached hydrogens (tertiary/aromatic N) is 4. The molecule has 1 aliphatic heterocycles. The molecular formula is C20H27N5O2S. The SMILES string of the molecule is CSCC[C@H](N)C(=O)N1CCN(c2cc(C)nc(-c3ccccc3O)n2)CC1. The van der Waals surface area contributed by atoms with E-state index in [1.54, 1.807) is 30.0 Å². The Kier molecular flexibility index (Phi) is 6.74. The molecule has 0 spiro atoms. The number of rotatable bonds is 6. The quantitative estimate of drug-likeness (QED) is 0.763. The molecule has 3 N–H and O–H groups in total. The van der Waals surface area contributed by atoms with Crippen LogP contribution in [0.1, 0.15) is 12.1 Å². The Morgan fingerprint density at radius 2 is 1.96 bits per heavy atom. The van der Waals surface area contributed by atoms with Crippen LogP contribution >= 0.6 is 11.8 Å². The van der Waals surface area contributed by atoms with Gasteiger partial charge in [-0.15, -0.1) is 0 Å². The number of carbonyl (C=O) groups excluding carboxylic acids is 1. The van der Waals surface area contributed by atoms with Crippen LogP contribution in [0.25, 0.3) is 11.4 Å². The predicted octanol–water partition coefficient (Wildman–Crippen LogP) is 1.89. The summed E-state index contributed by atoms with van der Waals surface area (Å²) in [5, 5.41) is 10.1. The van der Waals surface area contributed by atoms with Crippen molar-refractivity contribution in [3.63, 3.8) is 0 Å². The summed E-state index contributed by atoms with van der Waals surface area (Å²) in [5.41, 5.74) is 7.48. The van der Waals surface area contributed by atoms with Gasteiger partial charge in [0.15, 0.2) is 5.82 Å². The van der Waals surface area contributed by atoms with Gasteiger partial charge in [0.2, 0.25) is 5.91 Å². The highest BCUT2D eigenvalue weighted by atomic mass is 32.2. The first kappa shape index (κ1) is 20.4. The van der Waals surface area contributed by atoms with E-state index in [-0.39, 0.29) is 11.7 Å². The summed E-state index contributed by atoms with van der Waals surface area (Å²) < 4.78 is 0. The van der Waals surface area contributed by atoms with E-state index >= 15 is 0 Å². The van der Waals surface area contributed by atoms with Crippen LogP contribution in [0.2, 0.25) is 0 Å². The summed E-state index contributed by atoms with van der Waals surface area (Å²) in [4.78, 5) is 25.6. The minimum absolute atomic E-state index is 0.0301. The molecule has 0 unspecified atom stereocenters. The zero-order valence-corrected chi connectivity index (χ0v) is 17.2. The number of thioether (sulfide) groups is 1. The highest BCUT2D eigenvalue weighted by Crippen LogP contribution is 2.28. The smallest absolute Gasteiger partial charge is 0.239 e. The van der Waals surface area contributed by atoms with Crippen LogP contribution in [0.5, 0.6) is 5.75 Å². The third-order valence-corrected chi connectivity index (χ3v) is 5.50. The summed E-state index contributed by atoms with van der Waals surface area (Å²) in [5.74, 6) is 2.40. The van der Waals surface area contributed by atoms with Gasteiger partial charge in [0, 0.05) is 37.9 Å². The zero-order chi connectivity index (χ0) is 20.1. The number of para-hydroxylation sites is 1. The van der Waals surface area contributed by atoms with Crippen molar-refractivity contribution in [1.82, 2.24) is 14.9 Å². The lowest BCUT2D eigenvalue weighted by atomic mass is 10.1. The number of piperazine rings is 1. The fourth-order valence-electron chi connectivity index (χ4n) is 3.26. The average Bonchev–Trinajstić information content (AvgIpc) is 2.71. The van der Waals surface area contributed by atoms with Crippen LogP contribution in [0.4, 0.5) is 5.82 Å². The maximum atomic E-state index is 12.5. The molecule has 7 nitrogen and oxygen atoms in total. The van der Waals surface area contributed by atoms with E-state index in [9.17, 15) is 9.90 Å². The Bertz CT molecular complexity index is 824. The average molecular weight is 402 g/mol. The van der Waals surface area contributed by atoms with Crippen LogP contribution in [-0.2, 0) is 4.79 Å². The second kappa shape index (κ2) is 9.25. The van der Waals surface area contributed by atoms with Crippen molar-refractivity contribution < 1.29 is 9.90 Å². The maximum absolute atomic E-state index is 12.5. The maximum Gasteiger partial charge on any atom is 0.239 e. The van der Waals surface area contributed by atoms with E-state index in [0.29, 0.717) is 44.0 Å². The molecule has 1 saturated heterocycles. The Morgan fingerprint density at radius 3 is 2.64 bits per heavy atom. The second-order valence-corrected chi connectivity index (χ2v) is 7.89. The van der Waals surface area contributed by atoms with E-state index in [4.69, 9.17) is 5.73 Å². The fourth-order valence-corrected chi connectivity index (χ4v) is 3.75. The van der Waals surface area contributed by atoms with Gasteiger partial charge in [-0.3, -0.25) is 4.79 Å². The van der Waals surface area contributed by atoms with Crippen molar-refractivity contribution in [1.29, 1.82) is 0 Å². The number of carbonyl (C=O) groups is 1. The van der Waals surface area contributed by atoms with Gasteiger partial charge in [-0.25, -0.2) is 9.97 Å². The minimum atomic E-state index is -0.423. The highest BCUT2D eigenvalue weighted by molar-refractivity contribution is 7.98. The largest absolute Gasteiger partial charge is 0.507 e. The minimum Gasteiger partial charge on any atom is -0.507 e. The molecular weight excluding hydrogens is 374 g/mol. The number of hydrogen-bond donors (Lipinski definition) is 2. The Balaban J connectivity index is 1.69. The van der Waals surface area contributed by atoms with Crippen LogP contribution in [-0.4, -0.2) is 70.1 Å². The van der Waals surface area contributed by atoms with Crippen LogP contribution in [0, 0.1) is 6.92 Å². The number of phenolic OH excluding ortho intramolecular Hbond substituents is 1. The van der Waals surface area contributed by atoms with Crippen molar-refractivity contribution >= 4 is 23.5 Å². The van der Waals surface area contributed by atoms with Gasteiger partial charge in [-0.1, -0.05) is 12.1 Å². The topological polar surface area (TPSA) is 95.6 Å². The molecule has 28 heavy (non-hydrogen) atoms. The number of benzene rings is 1. The van der Waals surface area contributed by atoms with Crippen molar-refractivity contribution in [2.45, 2.75) is 19.4 Å². The first-order chi connectivity index (χ1) is 13.5. The Morgan fingerprint density at radius 1 is 1.25 bits per heavy atom. The third kappa shape index (κ3) is 4.74.